The van der Waals surface area contributed by atoms with E-state index in [1.54, 1.807) is 0 Å². The third-order valence-corrected chi connectivity index (χ3v) is 6.66. The molecule has 1 fully saturated rings. The van der Waals surface area contributed by atoms with Crippen LogP contribution in [0.4, 0.5) is 0 Å². The van der Waals surface area contributed by atoms with Crippen LogP contribution in [0.3, 0.4) is 0 Å². The monoisotopic (exact) mass is 392 g/mol. The van der Waals surface area contributed by atoms with Crippen molar-refractivity contribution in [3.05, 3.63) is 33.1 Å². The van der Waals surface area contributed by atoms with E-state index in [0.717, 1.165) is 24.5 Å². The van der Waals surface area contributed by atoms with Crippen LogP contribution < -0.4 is 11.2 Å². The second-order valence-electron chi connectivity index (χ2n) is 7.23. The van der Waals surface area contributed by atoms with Gasteiger partial charge in [0.05, 0.1) is 18.2 Å². The molecule has 0 aromatic carbocycles. The smallest absolute Gasteiger partial charge is 0.359 e. The van der Waals surface area contributed by atoms with E-state index in [2.05, 4.69) is 4.98 Å². The first-order valence-electron chi connectivity index (χ1n) is 8.25. The molecule has 1 aliphatic carbocycles. The number of aliphatic hydroxyl groups excluding tert-OH is 2. The molecule has 11 heteroatoms. The fourth-order valence-corrected chi connectivity index (χ4v) is 3.97. The summed E-state index contributed by atoms with van der Waals surface area (Å²) in [5.74, 6) is -0.509. The van der Waals surface area contributed by atoms with Crippen molar-refractivity contribution in [2.24, 2.45) is 5.92 Å². The highest BCUT2D eigenvalue weighted by molar-refractivity contribution is 7.54. The molecule has 2 unspecified atom stereocenters. The van der Waals surface area contributed by atoms with E-state index < -0.39 is 54.5 Å². The molecule has 148 valence electrons. The molecule has 0 amide bonds. The van der Waals surface area contributed by atoms with Crippen LogP contribution in [-0.2, 0) is 9.09 Å². The second-order valence-corrected chi connectivity index (χ2v) is 9.57. The van der Waals surface area contributed by atoms with Crippen molar-refractivity contribution in [2.45, 2.75) is 63.3 Å². The Morgan fingerprint density at radius 1 is 1.38 bits per heavy atom. The van der Waals surface area contributed by atoms with Gasteiger partial charge < -0.3 is 24.7 Å². The largest absolute Gasteiger partial charge is 0.390 e. The zero-order valence-corrected chi connectivity index (χ0v) is 15.7. The molecule has 0 saturated heterocycles. The lowest BCUT2D eigenvalue weighted by Gasteiger charge is -2.28. The average Bonchev–Trinajstić information content (AvgIpc) is 2.74. The van der Waals surface area contributed by atoms with Crippen molar-refractivity contribution in [1.82, 2.24) is 9.55 Å². The average molecular weight is 392 g/mol. The molecule has 2 rings (SSSR count). The Kier molecular flexibility index (Phi) is 5.96. The number of H-pyrrole nitrogens is 1. The Morgan fingerprint density at radius 3 is 2.54 bits per heavy atom. The highest BCUT2D eigenvalue weighted by atomic mass is 31.2. The van der Waals surface area contributed by atoms with Crippen LogP contribution in [-0.4, -0.2) is 53.4 Å². The molecule has 1 heterocycles. The Hall–Kier alpha value is -1.29. The molecule has 1 aromatic rings. The number of rotatable bonds is 6. The molecule has 0 bridgehead atoms. The Balaban J connectivity index is 2.11. The summed E-state index contributed by atoms with van der Waals surface area (Å²) in [6, 6.07) is 0.395. The van der Waals surface area contributed by atoms with Gasteiger partial charge in [0, 0.05) is 12.3 Å². The van der Waals surface area contributed by atoms with E-state index >= 15 is 0 Å². The van der Waals surface area contributed by atoms with Gasteiger partial charge in [-0.2, -0.15) is 0 Å². The molecule has 1 aromatic heterocycles. The third kappa shape index (κ3) is 4.33. The summed E-state index contributed by atoms with van der Waals surface area (Å²) in [5.41, 5.74) is -1.26. The lowest BCUT2D eigenvalue weighted by Crippen LogP contribution is -2.37. The predicted molar refractivity (Wildman–Crippen MR) is 91.8 cm³/mol. The van der Waals surface area contributed by atoms with E-state index in [1.807, 2.05) is 0 Å². The topological polar surface area (TPSA) is 162 Å². The van der Waals surface area contributed by atoms with Gasteiger partial charge in [0.25, 0.3) is 5.56 Å². The maximum atomic E-state index is 12.0. The number of nitrogens with zero attached hydrogens (tertiary/aromatic N) is 1. The zero-order valence-electron chi connectivity index (χ0n) is 14.8. The first-order chi connectivity index (χ1) is 11.8. The molecular formula is C15H25N2O8P. The first kappa shape index (κ1) is 21.0. The Bertz CT molecular complexity index is 798. The van der Waals surface area contributed by atoms with Crippen molar-refractivity contribution in [3.8, 4) is 0 Å². The lowest BCUT2D eigenvalue weighted by atomic mass is 9.98. The Labute approximate surface area is 149 Å². The minimum atomic E-state index is -4.29. The quantitative estimate of drug-likeness (QED) is 0.406. The molecule has 10 nitrogen and oxygen atoms in total. The molecule has 1 saturated carbocycles. The van der Waals surface area contributed by atoms with Crippen molar-refractivity contribution in [3.63, 3.8) is 0 Å². The van der Waals surface area contributed by atoms with Gasteiger partial charge in [0.1, 0.15) is 6.10 Å². The molecule has 1 aliphatic rings. The van der Waals surface area contributed by atoms with Crippen LogP contribution in [0.1, 0.15) is 39.7 Å². The maximum Gasteiger partial charge on any atom is 0.359 e. The molecular weight excluding hydrogens is 367 g/mol. The van der Waals surface area contributed by atoms with E-state index in [4.69, 9.17) is 4.52 Å². The first-order valence-corrected chi connectivity index (χ1v) is 9.82. The van der Waals surface area contributed by atoms with Crippen LogP contribution in [0.5, 0.6) is 0 Å². The molecule has 0 aliphatic heterocycles. The molecule has 0 spiro atoms. The molecule has 0 radical (unpaired) electrons. The third-order valence-electron chi connectivity index (χ3n) is 4.63. The van der Waals surface area contributed by atoms with Gasteiger partial charge in [-0.05, 0) is 39.5 Å². The number of nitrogens with one attached hydrogen (secondary N) is 1. The van der Waals surface area contributed by atoms with Gasteiger partial charge in [-0.1, -0.05) is 0 Å². The van der Waals surface area contributed by atoms with Crippen LogP contribution in [0.25, 0.3) is 0 Å². The predicted octanol–water partition coefficient (Wildman–Crippen LogP) is -0.472. The zero-order chi connectivity index (χ0) is 19.9. The van der Waals surface area contributed by atoms with Crippen molar-refractivity contribution in [1.29, 1.82) is 0 Å². The SMILES string of the molecule is C[C@H](CC1C[C@@H](n2ccc(=O)[nH]c2=O)[C@H](O)[C@@H]1O)OP(=O)(O)C(C)(C)O. The van der Waals surface area contributed by atoms with Crippen molar-refractivity contribution >= 4 is 7.60 Å². The highest BCUT2D eigenvalue weighted by Gasteiger charge is 2.45. The maximum absolute atomic E-state index is 12.0. The molecule has 6 atom stereocenters. The summed E-state index contributed by atoms with van der Waals surface area (Å²) in [7, 11) is -4.29. The summed E-state index contributed by atoms with van der Waals surface area (Å²) < 4.78 is 18.2. The molecule has 5 N–H and O–H groups in total. The number of aromatic amines is 1. The number of hydrogen-bond acceptors (Lipinski definition) is 7. The van der Waals surface area contributed by atoms with Gasteiger partial charge in [-0.3, -0.25) is 18.9 Å². The van der Waals surface area contributed by atoms with Crippen LogP contribution in [0.15, 0.2) is 21.9 Å². The van der Waals surface area contributed by atoms with E-state index in [-0.39, 0.29) is 12.8 Å². The standard InChI is InChI=1S/C15H25N2O8P/c1-8(25-26(23,24)15(2,3)22)6-9-7-10(13(20)12(9)19)17-5-4-11(18)16-14(17)21/h4-5,8-10,12-13,19-20,22H,6-7H2,1-3H3,(H,23,24)(H,16,18,21)/t8-,9?,10-,12-,13+/m1/s1. The number of aromatic nitrogens is 2. The van der Waals surface area contributed by atoms with Gasteiger partial charge in [-0.15, -0.1) is 0 Å². The van der Waals surface area contributed by atoms with E-state index in [0.29, 0.717) is 0 Å². The van der Waals surface area contributed by atoms with Gasteiger partial charge in [0.15, 0.2) is 5.34 Å². The Morgan fingerprint density at radius 2 is 2.00 bits per heavy atom. The summed E-state index contributed by atoms with van der Waals surface area (Å²) >= 11 is 0. The highest BCUT2D eigenvalue weighted by Crippen LogP contribution is 2.55. The van der Waals surface area contributed by atoms with Crippen LogP contribution in [0, 0.1) is 5.92 Å². The van der Waals surface area contributed by atoms with Crippen LogP contribution >= 0.6 is 7.60 Å². The minimum Gasteiger partial charge on any atom is -0.390 e. The minimum absolute atomic E-state index is 0.132. The molecule has 26 heavy (non-hydrogen) atoms. The normalized spacial score (nSPS) is 30.1. The second kappa shape index (κ2) is 7.38. The summed E-state index contributed by atoms with van der Waals surface area (Å²) in [5, 5.41) is 28.3. The number of aliphatic hydroxyl groups is 3. The fourth-order valence-electron chi connectivity index (χ4n) is 3.14. The summed E-state index contributed by atoms with van der Waals surface area (Å²) in [6.07, 6.45) is -1.61. The van der Waals surface area contributed by atoms with E-state index in [1.165, 1.54) is 13.1 Å². The van der Waals surface area contributed by atoms with Gasteiger partial charge >= 0.3 is 13.3 Å². The number of hydrogen-bond donors (Lipinski definition) is 5. The van der Waals surface area contributed by atoms with Crippen molar-refractivity contribution in [2.75, 3.05) is 0 Å². The van der Waals surface area contributed by atoms with Crippen molar-refractivity contribution < 1.29 is 29.3 Å². The lowest BCUT2D eigenvalue weighted by molar-refractivity contribution is -0.00320. The summed E-state index contributed by atoms with van der Waals surface area (Å²) in [4.78, 5) is 34.9. The van der Waals surface area contributed by atoms with Gasteiger partial charge in [-0.25, -0.2) is 4.79 Å². The van der Waals surface area contributed by atoms with Crippen LogP contribution in [0.2, 0.25) is 0 Å². The van der Waals surface area contributed by atoms with E-state index in [9.17, 15) is 34.4 Å². The fraction of sp³-hybridized carbons (Fsp3) is 0.733. The van der Waals surface area contributed by atoms with Gasteiger partial charge in [0.2, 0.25) is 0 Å². The summed E-state index contributed by atoms with van der Waals surface area (Å²) in [6.45, 7) is 3.84.